The fraction of sp³-hybridized carbons (Fsp3) is 0. The molecule has 0 amide bonds. The second-order valence-corrected chi connectivity index (χ2v) is 14.0. The molecule has 0 saturated heterocycles. The monoisotopic (exact) mass is 665 g/mol. The van der Waals surface area contributed by atoms with Gasteiger partial charge in [0.1, 0.15) is 0 Å². The number of benzene rings is 6. The molecule has 0 radical (unpaired) electrons. The van der Waals surface area contributed by atoms with Gasteiger partial charge < -0.3 is 0 Å². The largest absolute Gasteiger partial charge is 0.268 e. The number of imidazole rings is 1. The molecule has 0 aliphatic heterocycles. The normalized spacial score (nSPS) is 11.8. The van der Waals surface area contributed by atoms with Gasteiger partial charge in [-0.1, -0.05) is 108 Å². The molecule has 6 aromatic carbocycles. The van der Waals surface area contributed by atoms with Gasteiger partial charge in [-0.05, 0) is 53.6 Å². The number of nitrogens with zero attached hydrogens (tertiary/aromatic N) is 5. The zero-order valence-electron chi connectivity index (χ0n) is 25.7. The minimum Gasteiger partial charge on any atom is -0.268 e. The summed E-state index contributed by atoms with van der Waals surface area (Å²) in [4.78, 5) is 34.1. The molecule has 0 bridgehead atoms. The van der Waals surface area contributed by atoms with Crippen molar-refractivity contribution >= 4 is 68.9 Å². The molecule has 49 heavy (non-hydrogen) atoms. The van der Waals surface area contributed by atoms with Crippen LogP contribution in [0.25, 0.3) is 91.5 Å². The lowest BCUT2D eigenvalue weighted by molar-refractivity contribution is 1.08. The van der Waals surface area contributed by atoms with E-state index in [9.17, 15) is 4.79 Å². The maximum absolute atomic E-state index is 13.6. The van der Waals surface area contributed by atoms with Gasteiger partial charge in [-0.2, -0.15) is 0 Å². The molecule has 0 fully saturated rings. The lowest BCUT2D eigenvalue weighted by Gasteiger charge is -2.10. The standard InChI is InChI=1S/C41H23N5OS2/c47-40-28-14-7-8-16-33(28)49-41-42-31-20-18-27(23-32(31)46(40)41)26-19-21-34-30(22-26)36-29(15-9-17-35(36)48-34)39-44-37(24-10-3-1-4-11-24)43-38(45-39)25-12-5-2-6-13-25/h1-23H. The molecule has 0 saturated carbocycles. The Bertz CT molecular complexity index is 2910. The van der Waals surface area contributed by atoms with Gasteiger partial charge in [0.2, 0.25) is 0 Å². The Labute approximate surface area is 287 Å². The predicted octanol–water partition coefficient (Wildman–Crippen LogP) is 10.3. The quantitative estimate of drug-likeness (QED) is 0.187. The number of hydrogen-bond acceptors (Lipinski definition) is 7. The molecule has 10 rings (SSSR count). The Morgan fingerprint density at radius 3 is 1.88 bits per heavy atom. The summed E-state index contributed by atoms with van der Waals surface area (Å²) in [7, 11) is 0. The fourth-order valence-corrected chi connectivity index (χ4v) is 8.71. The molecule has 4 heterocycles. The average Bonchev–Trinajstić information content (AvgIpc) is 3.73. The number of thiophene rings is 1. The van der Waals surface area contributed by atoms with E-state index in [0.29, 0.717) is 27.8 Å². The van der Waals surface area contributed by atoms with Crippen LogP contribution in [0, 0.1) is 0 Å². The number of fused-ring (bicyclic) bond motifs is 7. The molecule has 230 valence electrons. The molecule has 8 heteroatoms. The zero-order chi connectivity index (χ0) is 32.5. The summed E-state index contributed by atoms with van der Waals surface area (Å²) in [6.07, 6.45) is 0. The van der Waals surface area contributed by atoms with Gasteiger partial charge in [-0.25, -0.2) is 24.3 Å². The van der Waals surface area contributed by atoms with Crippen LogP contribution in [0.15, 0.2) is 144 Å². The second kappa shape index (κ2) is 11.0. The van der Waals surface area contributed by atoms with E-state index < -0.39 is 0 Å². The molecule has 0 aliphatic carbocycles. The molecule has 0 aliphatic rings. The highest BCUT2D eigenvalue weighted by molar-refractivity contribution is 7.26. The van der Waals surface area contributed by atoms with Gasteiger partial charge in [0, 0.05) is 41.6 Å². The van der Waals surface area contributed by atoms with E-state index in [1.165, 1.54) is 16.0 Å². The molecular weight excluding hydrogens is 643 g/mol. The van der Waals surface area contributed by atoms with E-state index in [1.54, 1.807) is 15.7 Å². The van der Waals surface area contributed by atoms with Gasteiger partial charge in [-0.3, -0.25) is 4.79 Å². The molecule has 0 unspecified atom stereocenters. The van der Waals surface area contributed by atoms with Crippen molar-refractivity contribution in [2.75, 3.05) is 0 Å². The third-order valence-electron chi connectivity index (χ3n) is 8.91. The summed E-state index contributed by atoms with van der Waals surface area (Å²) in [5, 5.41) is 2.94. The maximum Gasteiger partial charge on any atom is 0.266 e. The highest BCUT2D eigenvalue weighted by Gasteiger charge is 2.18. The molecule has 0 N–H and O–H groups in total. The van der Waals surface area contributed by atoms with Crippen molar-refractivity contribution in [1.82, 2.24) is 24.3 Å². The van der Waals surface area contributed by atoms with E-state index in [4.69, 9.17) is 19.9 Å². The van der Waals surface area contributed by atoms with Crippen LogP contribution in [-0.2, 0) is 0 Å². The Hall–Kier alpha value is -6.09. The summed E-state index contributed by atoms with van der Waals surface area (Å²) in [5.74, 6) is 1.90. The zero-order valence-corrected chi connectivity index (χ0v) is 27.4. The number of hydrogen-bond donors (Lipinski definition) is 0. The topological polar surface area (TPSA) is 73.0 Å². The first-order valence-electron chi connectivity index (χ1n) is 15.8. The predicted molar refractivity (Wildman–Crippen MR) is 202 cm³/mol. The smallest absolute Gasteiger partial charge is 0.266 e. The summed E-state index contributed by atoms with van der Waals surface area (Å²) in [6, 6.07) is 46.9. The highest BCUT2D eigenvalue weighted by atomic mass is 32.1. The van der Waals surface area contributed by atoms with Gasteiger partial charge in [-0.15, -0.1) is 11.3 Å². The van der Waals surface area contributed by atoms with Crippen LogP contribution in [0.1, 0.15) is 0 Å². The van der Waals surface area contributed by atoms with E-state index in [2.05, 4.69) is 48.5 Å². The van der Waals surface area contributed by atoms with Crippen molar-refractivity contribution in [2.24, 2.45) is 0 Å². The number of aromatic nitrogens is 5. The maximum atomic E-state index is 13.6. The lowest BCUT2D eigenvalue weighted by atomic mass is 10.00. The Morgan fingerprint density at radius 2 is 1.10 bits per heavy atom. The summed E-state index contributed by atoms with van der Waals surface area (Å²) in [5.41, 5.74) is 6.47. The van der Waals surface area contributed by atoms with Crippen LogP contribution in [-0.4, -0.2) is 24.3 Å². The van der Waals surface area contributed by atoms with Crippen molar-refractivity contribution in [3.05, 3.63) is 150 Å². The van der Waals surface area contributed by atoms with Gasteiger partial charge in [0.25, 0.3) is 5.56 Å². The second-order valence-electron chi connectivity index (χ2n) is 11.9. The summed E-state index contributed by atoms with van der Waals surface area (Å²) in [6.45, 7) is 0. The van der Waals surface area contributed by atoms with Crippen LogP contribution in [0.2, 0.25) is 0 Å². The van der Waals surface area contributed by atoms with E-state index in [0.717, 1.165) is 59.0 Å². The Balaban J connectivity index is 1.17. The molecule has 0 spiro atoms. The molecular formula is C41H23N5OS2. The van der Waals surface area contributed by atoms with Crippen LogP contribution >= 0.6 is 22.7 Å². The Morgan fingerprint density at radius 1 is 0.469 bits per heavy atom. The van der Waals surface area contributed by atoms with Gasteiger partial charge >= 0.3 is 0 Å². The first kappa shape index (κ1) is 28.0. The Kier molecular flexibility index (Phi) is 6.27. The van der Waals surface area contributed by atoms with Crippen molar-refractivity contribution in [3.63, 3.8) is 0 Å². The summed E-state index contributed by atoms with van der Waals surface area (Å²) >= 11 is 3.29. The van der Waals surface area contributed by atoms with Crippen molar-refractivity contribution in [1.29, 1.82) is 0 Å². The lowest BCUT2D eigenvalue weighted by Crippen LogP contribution is -2.11. The van der Waals surface area contributed by atoms with Crippen LogP contribution < -0.4 is 5.56 Å². The van der Waals surface area contributed by atoms with Gasteiger partial charge in [0.15, 0.2) is 22.4 Å². The fourth-order valence-electron chi connectivity index (χ4n) is 6.57. The third-order valence-corrected chi connectivity index (χ3v) is 11.1. The van der Waals surface area contributed by atoms with Crippen LogP contribution in [0.5, 0.6) is 0 Å². The first-order chi connectivity index (χ1) is 24.2. The van der Waals surface area contributed by atoms with Crippen molar-refractivity contribution in [2.45, 2.75) is 0 Å². The van der Waals surface area contributed by atoms with E-state index >= 15 is 0 Å². The molecule has 0 atom stereocenters. The van der Waals surface area contributed by atoms with Crippen LogP contribution in [0.3, 0.4) is 0 Å². The molecule has 6 nitrogen and oxygen atoms in total. The first-order valence-corrected chi connectivity index (χ1v) is 17.5. The van der Waals surface area contributed by atoms with Crippen molar-refractivity contribution in [3.8, 4) is 45.3 Å². The minimum atomic E-state index is -0.0463. The third kappa shape index (κ3) is 4.57. The van der Waals surface area contributed by atoms with Crippen LogP contribution in [0.4, 0.5) is 0 Å². The summed E-state index contributed by atoms with van der Waals surface area (Å²) < 4.78 is 5.02. The van der Waals surface area contributed by atoms with Crippen molar-refractivity contribution < 1.29 is 0 Å². The molecule has 4 aromatic heterocycles. The highest BCUT2D eigenvalue weighted by Crippen LogP contribution is 2.41. The van der Waals surface area contributed by atoms with E-state index in [-0.39, 0.29) is 5.56 Å². The molecule has 10 aromatic rings. The van der Waals surface area contributed by atoms with E-state index in [1.807, 2.05) is 91.0 Å². The van der Waals surface area contributed by atoms with Gasteiger partial charge in [0.05, 0.1) is 16.4 Å². The number of rotatable bonds is 4. The SMILES string of the molecule is O=c1c2ccccc2sc2nc3ccc(-c4ccc5sc6cccc(-c7nc(-c8ccccc8)nc(-c8ccccc8)n7)c6c5c4)cc3n12. The average molecular weight is 666 g/mol. The minimum absolute atomic E-state index is 0.0463.